The summed E-state index contributed by atoms with van der Waals surface area (Å²) in [7, 11) is 0. The number of benzene rings is 1. The first-order valence-electron chi connectivity index (χ1n) is 6.34. The van der Waals surface area contributed by atoms with E-state index in [1.54, 1.807) is 0 Å². The van der Waals surface area contributed by atoms with E-state index in [0.29, 0.717) is 19.0 Å². The Bertz CT molecular complexity index is 720. The second kappa shape index (κ2) is 4.82. The first kappa shape index (κ1) is 12.4. The molecule has 1 aliphatic heterocycles. The van der Waals surface area contributed by atoms with Crippen LogP contribution in [0.3, 0.4) is 0 Å². The van der Waals surface area contributed by atoms with Gasteiger partial charge < -0.3 is 9.47 Å². The van der Waals surface area contributed by atoms with Crippen LogP contribution in [0.5, 0.6) is 11.5 Å². The molecule has 0 amide bonds. The zero-order valence-corrected chi connectivity index (χ0v) is 11.3. The van der Waals surface area contributed by atoms with Gasteiger partial charge in [0, 0.05) is 11.3 Å². The van der Waals surface area contributed by atoms with E-state index in [2.05, 4.69) is 9.97 Å². The number of hydrogen-bond donors (Lipinski definition) is 0. The zero-order valence-electron chi connectivity index (χ0n) is 11.3. The van der Waals surface area contributed by atoms with Crippen molar-refractivity contribution in [3.05, 3.63) is 35.3 Å². The lowest BCUT2D eigenvalue weighted by atomic mass is 10.0. The minimum absolute atomic E-state index is 0.175. The highest BCUT2D eigenvalue weighted by atomic mass is 16.6. The van der Waals surface area contributed by atoms with Crippen LogP contribution < -0.4 is 9.47 Å². The third kappa shape index (κ3) is 2.16. The van der Waals surface area contributed by atoms with Crippen LogP contribution in [0.1, 0.15) is 17.1 Å². The highest BCUT2D eigenvalue weighted by Gasteiger charge is 2.16. The fourth-order valence-electron chi connectivity index (χ4n) is 2.22. The van der Waals surface area contributed by atoms with Crippen LogP contribution in [0.4, 0.5) is 0 Å². The molecule has 0 N–H and O–H groups in total. The molecule has 0 spiro atoms. The summed E-state index contributed by atoms with van der Waals surface area (Å²) in [5.74, 6) is 1.64. The van der Waals surface area contributed by atoms with E-state index >= 15 is 0 Å². The average Bonchev–Trinajstić information content (AvgIpc) is 2.45. The summed E-state index contributed by atoms with van der Waals surface area (Å²) in [4.78, 5) is 8.33. The van der Waals surface area contributed by atoms with Crippen molar-refractivity contribution in [1.82, 2.24) is 9.97 Å². The molecule has 0 bridgehead atoms. The van der Waals surface area contributed by atoms with Crippen LogP contribution in [-0.4, -0.2) is 23.2 Å². The fourth-order valence-corrected chi connectivity index (χ4v) is 2.22. The maximum Gasteiger partial charge on any atom is 0.232 e. The summed E-state index contributed by atoms with van der Waals surface area (Å²) in [5, 5.41) is 8.98. The Kier molecular flexibility index (Phi) is 2.99. The molecule has 0 unspecified atom stereocenters. The van der Waals surface area contributed by atoms with E-state index in [-0.39, 0.29) is 5.82 Å². The van der Waals surface area contributed by atoms with Gasteiger partial charge in [-0.05, 0) is 37.6 Å². The molecule has 0 aliphatic carbocycles. The van der Waals surface area contributed by atoms with Gasteiger partial charge in [-0.3, -0.25) is 0 Å². The summed E-state index contributed by atoms with van der Waals surface area (Å²) >= 11 is 0. The molecule has 1 aromatic heterocycles. The predicted molar refractivity (Wildman–Crippen MR) is 72.6 cm³/mol. The van der Waals surface area contributed by atoms with Crippen molar-refractivity contribution in [2.45, 2.75) is 13.8 Å². The molecule has 2 heterocycles. The SMILES string of the molecule is Cc1cc(-c2cc3c(cc2C)OCCO3)nc(C#N)n1. The number of fused-ring (bicyclic) bond motifs is 1. The van der Waals surface area contributed by atoms with Crippen LogP contribution in [0.2, 0.25) is 0 Å². The summed E-state index contributed by atoms with van der Waals surface area (Å²) in [6.45, 7) is 4.94. The number of rotatable bonds is 1. The lowest BCUT2D eigenvalue weighted by molar-refractivity contribution is 0.171. The molecule has 5 nitrogen and oxygen atoms in total. The van der Waals surface area contributed by atoms with E-state index in [0.717, 1.165) is 28.3 Å². The topological polar surface area (TPSA) is 68.0 Å². The van der Waals surface area contributed by atoms with Crippen molar-refractivity contribution in [3.8, 4) is 28.8 Å². The number of nitriles is 1. The van der Waals surface area contributed by atoms with Gasteiger partial charge in [-0.2, -0.15) is 5.26 Å². The van der Waals surface area contributed by atoms with Gasteiger partial charge in [-0.1, -0.05) is 0 Å². The Morgan fingerprint density at radius 2 is 1.75 bits per heavy atom. The first-order valence-corrected chi connectivity index (χ1v) is 6.34. The standard InChI is InChI=1S/C15H13N3O2/c1-9-5-13-14(20-4-3-19-13)7-11(9)12-6-10(2)17-15(8-16)18-12/h5-7H,3-4H2,1-2H3. The van der Waals surface area contributed by atoms with Crippen molar-refractivity contribution >= 4 is 0 Å². The molecule has 0 fully saturated rings. The van der Waals surface area contributed by atoms with Gasteiger partial charge in [0.2, 0.25) is 5.82 Å². The van der Waals surface area contributed by atoms with Gasteiger partial charge in [0.25, 0.3) is 0 Å². The molecule has 5 heteroatoms. The van der Waals surface area contributed by atoms with Gasteiger partial charge in [0.15, 0.2) is 11.5 Å². The molecule has 1 aromatic carbocycles. The lowest BCUT2D eigenvalue weighted by Gasteiger charge is -2.20. The monoisotopic (exact) mass is 267 g/mol. The van der Waals surface area contributed by atoms with E-state index in [4.69, 9.17) is 14.7 Å². The lowest BCUT2D eigenvalue weighted by Crippen LogP contribution is -2.15. The normalized spacial score (nSPS) is 12.8. The number of hydrogen-bond acceptors (Lipinski definition) is 5. The van der Waals surface area contributed by atoms with E-state index in [9.17, 15) is 0 Å². The number of nitrogens with zero attached hydrogens (tertiary/aromatic N) is 3. The minimum atomic E-state index is 0.175. The average molecular weight is 267 g/mol. The zero-order chi connectivity index (χ0) is 14.1. The smallest absolute Gasteiger partial charge is 0.232 e. The summed E-state index contributed by atoms with van der Waals surface area (Å²) in [5.41, 5.74) is 3.44. The van der Waals surface area contributed by atoms with Crippen LogP contribution in [0, 0.1) is 25.2 Å². The summed E-state index contributed by atoms with van der Waals surface area (Å²) in [6, 6.07) is 7.69. The van der Waals surface area contributed by atoms with E-state index < -0.39 is 0 Å². The molecule has 2 aromatic rings. The highest BCUT2D eigenvalue weighted by molar-refractivity contribution is 5.68. The number of ether oxygens (including phenoxy) is 2. The Balaban J connectivity index is 2.15. The van der Waals surface area contributed by atoms with Gasteiger partial charge in [-0.15, -0.1) is 0 Å². The molecule has 20 heavy (non-hydrogen) atoms. The van der Waals surface area contributed by atoms with Gasteiger partial charge in [-0.25, -0.2) is 9.97 Å². The molecular weight excluding hydrogens is 254 g/mol. The van der Waals surface area contributed by atoms with Crippen molar-refractivity contribution in [3.63, 3.8) is 0 Å². The second-order valence-corrected chi connectivity index (χ2v) is 4.64. The highest BCUT2D eigenvalue weighted by Crippen LogP contribution is 2.36. The van der Waals surface area contributed by atoms with Crippen molar-refractivity contribution in [1.29, 1.82) is 5.26 Å². The van der Waals surface area contributed by atoms with Gasteiger partial charge in [0.1, 0.15) is 19.3 Å². The Hall–Kier alpha value is -2.61. The maximum absolute atomic E-state index is 8.98. The van der Waals surface area contributed by atoms with Crippen LogP contribution in [0.25, 0.3) is 11.3 Å². The van der Waals surface area contributed by atoms with Crippen LogP contribution in [-0.2, 0) is 0 Å². The Morgan fingerprint density at radius 1 is 1.05 bits per heavy atom. The third-order valence-corrected chi connectivity index (χ3v) is 3.12. The van der Waals surface area contributed by atoms with Crippen LogP contribution >= 0.6 is 0 Å². The van der Waals surface area contributed by atoms with Gasteiger partial charge in [0.05, 0.1) is 5.69 Å². The maximum atomic E-state index is 8.98. The minimum Gasteiger partial charge on any atom is -0.486 e. The molecule has 0 saturated carbocycles. The molecule has 1 aliphatic rings. The van der Waals surface area contributed by atoms with E-state index in [1.165, 1.54) is 0 Å². The van der Waals surface area contributed by atoms with Crippen molar-refractivity contribution in [2.24, 2.45) is 0 Å². The largest absolute Gasteiger partial charge is 0.486 e. The summed E-state index contributed by atoms with van der Waals surface area (Å²) < 4.78 is 11.1. The van der Waals surface area contributed by atoms with Crippen LogP contribution in [0.15, 0.2) is 18.2 Å². The van der Waals surface area contributed by atoms with Crippen molar-refractivity contribution < 1.29 is 9.47 Å². The predicted octanol–water partition coefficient (Wildman–Crippen LogP) is 2.40. The summed E-state index contributed by atoms with van der Waals surface area (Å²) in [6.07, 6.45) is 0. The Labute approximate surface area is 116 Å². The third-order valence-electron chi connectivity index (χ3n) is 3.12. The number of aromatic nitrogens is 2. The number of aryl methyl sites for hydroxylation is 2. The fraction of sp³-hybridized carbons (Fsp3) is 0.267. The van der Waals surface area contributed by atoms with Crippen molar-refractivity contribution in [2.75, 3.05) is 13.2 Å². The van der Waals surface area contributed by atoms with E-state index in [1.807, 2.05) is 38.1 Å². The molecule has 3 rings (SSSR count). The molecule has 0 saturated heterocycles. The Morgan fingerprint density at radius 3 is 2.45 bits per heavy atom. The quantitative estimate of drug-likeness (QED) is 0.793. The molecule has 100 valence electrons. The molecular formula is C15H13N3O2. The van der Waals surface area contributed by atoms with Gasteiger partial charge >= 0.3 is 0 Å². The molecule has 0 atom stereocenters. The molecule has 0 radical (unpaired) electrons. The first-order chi connectivity index (χ1) is 9.67. The second-order valence-electron chi connectivity index (χ2n) is 4.64.